The van der Waals surface area contributed by atoms with E-state index >= 15 is 0 Å². The molecule has 0 aliphatic carbocycles. The average molecular weight is 291 g/mol. The van der Waals surface area contributed by atoms with Gasteiger partial charge in [-0.3, -0.25) is 14.9 Å². The van der Waals surface area contributed by atoms with Gasteiger partial charge in [0.2, 0.25) is 0 Å². The van der Waals surface area contributed by atoms with Gasteiger partial charge < -0.3 is 4.74 Å². The molecule has 1 atom stereocenters. The second-order valence-electron chi connectivity index (χ2n) is 3.47. The number of esters is 1. The number of halogens is 1. The Morgan fingerprint density at radius 1 is 1.72 bits per heavy atom. The number of aromatic nitrogens is 1. The fraction of sp³-hybridized carbons (Fsp3) is 0.400. The van der Waals surface area contributed by atoms with E-state index in [1.54, 1.807) is 6.92 Å². The van der Waals surface area contributed by atoms with Crippen LogP contribution in [0.25, 0.3) is 0 Å². The largest absolute Gasteiger partial charge is 0.469 e. The molecule has 0 amide bonds. The highest BCUT2D eigenvalue weighted by Gasteiger charge is 2.20. The molecule has 1 rings (SSSR count). The normalized spacial score (nSPS) is 11.9. The SMILES string of the molecule is COC(=O)C(C)CSc1ncc(Cl)cc1[N+](=O)[O-]. The van der Waals surface area contributed by atoms with Gasteiger partial charge >= 0.3 is 11.7 Å². The van der Waals surface area contributed by atoms with Crippen molar-refractivity contribution in [2.45, 2.75) is 11.9 Å². The van der Waals surface area contributed by atoms with Gasteiger partial charge in [0.15, 0.2) is 5.03 Å². The molecule has 98 valence electrons. The summed E-state index contributed by atoms with van der Waals surface area (Å²) in [6.45, 7) is 1.68. The molecule has 0 bridgehead atoms. The van der Waals surface area contributed by atoms with Crippen LogP contribution in [0.3, 0.4) is 0 Å². The number of rotatable bonds is 5. The quantitative estimate of drug-likeness (QED) is 0.359. The lowest BCUT2D eigenvalue weighted by molar-refractivity contribution is -0.388. The molecule has 1 aromatic rings. The summed E-state index contributed by atoms with van der Waals surface area (Å²) in [7, 11) is 1.30. The average Bonchev–Trinajstić information content (AvgIpc) is 2.35. The minimum atomic E-state index is -0.552. The summed E-state index contributed by atoms with van der Waals surface area (Å²) >= 11 is 6.77. The van der Waals surface area contributed by atoms with Gasteiger partial charge in [0, 0.05) is 18.0 Å². The number of thioether (sulfide) groups is 1. The molecule has 0 saturated carbocycles. The first-order valence-electron chi connectivity index (χ1n) is 4.96. The molecule has 0 saturated heterocycles. The van der Waals surface area contributed by atoms with Gasteiger partial charge in [0.05, 0.1) is 23.0 Å². The van der Waals surface area contributed by atoms with Crippen LogP contribution < -0.4 is 0 Å². The van der Waals surface area contributed by atoms with Crippen molar-refractivity contribution in [1.82, 2.24) is 4.98 Å². The summed E-state index contributed by atoms with van der Waals surface area (Å²) in [4.78, 5) is 25.3. The summed E-state index contributed by atoms with van der Waals surface area (Å²) < 4.78 is 4.57. The second-order valence-corrected chi connectivity index (χ2v) is 4.92. The third-order valence-electron chi connectivity index (χ3n) is 2.07. The third kappa shape index (κ3) is 3.85. The van der Waals surface area contributed by atoms with Crippen LogP contribution in [0.4, 0.5) is 5.69 Å². The molecule has 18 heavy (non-hydrogen) atoms. The minimum absolute atomic E-state index is 0.162. The van der Waals surface area contributed by atoms with E-state index in [2.05, 4.69) is 9.72 Å². The van der Waals surface area contributed by atoms with Gasteiger partial charge in [-0.2, -0.15) is 0 Å². The van der Waals surface area contributed by atoms with Gasteiger partial charge in [-0.1, -0.05) is 30.3 Å². The van der Waals surface area contributed by atoms with Crippen LogP contribution in [0, 0.1) is 16.0 Å². The summed E-state index contributed by atoms with van der Waals surface area (Å²) in [6, 6.07) is 1.24. The molecule has 0 aliphatic heterocycles. The first kappa shape index (κ1) is 14.7. The maximum absolute atomic E-state index is 11.2. The number of nitrogens with zero attached hydrogens (tertiary/aromatic N) is 2. The van der Waals surface area contributed by atoms with E-state index in [9.17, 15) is 14.9 Å². The Morgan fingerprint density at radius 2 is 2.39 bits per heavy atom. The lowest BCUT2D eigenvalue weighted by Crippen LogP contribution is -2.15. The van der Waals surface area contributed by atoms with Gasteiger partial charge in [-0.15, -0.1) is 0 Å². The van der Waals surface area contributed by atoms with Crippen molar-refractivity contribution in [2.24, 2.45) is 5.92 Å². The van der Waals surface area contributed by atoms with E-state index in [1.165, 1.54) is 19.4 Å². The highest BCUT2D eigenvalue weighted by molar-refractivity contribution is 7.99. The molecule has 1 heterocycles. The predicted molar refractivity (Wildman–Crippen MR) is 67.8 cm³/mol. The topological polar surface area (TPSA) is 82.3 Å². The lowest BCUT2D eigenvalue weighted by atomic mass is 10.2. The van der Waals surface area contributed by atoms with E-state index in [-0.39, 0.29) is 27.6 Å². The molecule has 0 spiro atoms. The van der Waals surface area contributed by atoms with Crippen LogP contribution in [0.2, 0.25) is 5.02 Å². The number of nitro groups is 1. The number of hydrogen-bond acceptors (Lipinski definition) is 6. The van der Waals surface area contributed by atoms with Gasteiger partial charge in [-0.25, -0.2) is 4.98 Å². The Labute approximate surface area is 113 Å². The van der Waals surface area contributed by atoms with E-state index in [0.29, 0.717) is 5.75 Å². The van der Waals surface area contributed by atoms with Gasteiger partial charge in [-0.05, 0) is 0 Å². The maximum Gasteiger partial charge on any atom is 0.309 e. The molecule has 8 heteroatoms. The summed E-state index contributed by atoms with van der Waals surface area (Å²) in [5.41, 5.74) is -0.162. The zero-order valence-electron chi connectivity index (χ0n) is 9.75. The minimum Gasteiger partial charge on any atom is -0.469 e. The van der Waals surface area contributed by atoms with Crippen molar-refractivity contribution in [3.63, 3.8) is 0 Å². The first-order chi connectivity index (χ1) is 8.45. The number of carbonyl (C=O) groups excluding carboxylic acids is 1. The second kappa shape index (κ2) is 6.55. The standard InChI is InChI=1S/C10H11ClN2O4S/c1-6(10(14)17-2)5-18-9-8(13(15)16)3-7(11)4-12-9/h3-4,6H,5H2,1-2H3. The van der Waals surface area contributed by atoms with Gasteiger partial charge in [0.25, 0.3) is 0 Å². The molecule has 0 aromatic carbocycles. The smallest absolute Gasteiger partial charge is 0.309 e. The van der Waals surface area contributed by atoms with Crippen LogP contribution in [-0.2, 0) is 9.53 Å². The van der Waals surface area contributed by atoms with E-state index in [4.69, 9.17) is 11.6 Å². The Balaban J connectivity index is 2.79. The highest BCUT2D eigenvalue weighted by atomic mass is 35.5. The van der Waals surface area contributed by atoms with Crippen molar-refractivity contribution in [3.8, 4) is 0 Å². The molecular weight excluding hydrogens is 280 g/mol. The van der Waals surface area contributed by atoms with Crippen molar-refractivity contribution in [1.29, 1.82) is 0 Å². The Hall–Kier alpha value is -1.34. The van der Waals surface area contributed by atoms with Crippen LogP contribution in [0.5, 0.6) is 0 Å². The Morgan fingerprint density at radius 3 is 2.94 bits per heavy atom. The zero-order chi connectivity index (χ0) is 13.7. The number of carbonyl (C=O) groups is 1. The van der Waals surface area contributed by atoms with Crippen molar-refractivity contribution in [2.75, 3.05) is 12.9 Å². The van der Waals surface area contributed by atoms with Gasteiger partial charge in [0.1, 0.15) is 0 Å². The molecule has 0 fully saturated rings. The van der Waals surface area contributed by atoms with Crippen molar-refractivity contribution in [3.05, 3.63) is 27.4 Å². The highest BCUT2D eigenvalue weighted by Crippen LogP contribution is 2.30. The fourth-order valence-corrected chi connectivity index (χ4v) is 2.24. The Kier molecular flexibility index (Phi) is 5.36. The number of hydrogen-bond donors (Lipinski definition) is 0. The monoisotopic (exact) mass is 290 g/mol. The third-order valence-corrected chi connectivity index (χ3v) is 3.53. The molecular formula is C10H11ClN2O4S. The molecule has 0 aliphatic rings. The van der Waals surface area contributed by atoms with Crippen molar-refractivity contribution >= 4 is 35.0 Å². The van der Waals surface area contributed by atoms with E-state index < -0.39 is 4.92 Å². The maximum atomic E-state index is 11.2. The zero-order valence-corrected chi connectivity index (χ0v) is 11.3. The summed E-state index contributed by atoms with van der Waals surface area (Å²) in [6.07, 6.45) is 1.33. The molecule has 0 N–H and O–H groups in total. The van der Waals surface area contributed by atoms with Crippen LogP contribution in [0.1, 0.15) is 6.92 Å². The predicted octanol–water partition coefficient (Wildman–Crippen LogP) is 2.54. The van der Waals surface area contributed by atoms with Crippen LogP contribution in [-0.4, -0.2) is 28.7 Å². The number of ether oxygens (including phenoxy) is 1. The summed E-state index contributed by atoms with van der Waals surface area (Å²) in [5, 5.41) is 11.2. The number of methoxy groups -OCH3 is 1. The molecule has 6 nitrogen and oxygen atoms in total. The first-order valence-corrected chi connectivity index (χ1v) is 6.32. The van der Waals surface area contributed by atoms with Crippen molar-refractivity contribution < 1.29 is 14.5 Å². The fourth-order valence-electron chi connectivity index (χ4n) is 1.13. The van der Waals surface area contributed by atoms with E-state index in [1.807, 2.05) is 0 Å². The number of pyridine rings is 1. The van der Waals surface area contributed by atoms with Crippen LogP contribution in [0.15, 0.2) is 17.3 Å². The summed E-state index contributed by atoms with van der Waals surface area (Å²) in [5.74, 6) is -0.376. The van der Waals surface area contributed by atoms with E-state index in [0.717, 1.165) is 11.8 Å². The molecule has 1 unspecified atom stereocenters. The Bertz CT molecular complexity index is 469. The molecule has 1 aromatic heterocycles. The van der Waals surface area contributed by atoms with Crippen LogP contribution >= 0.6 is 23.4 Å². The lowest BCUT2D eigenvalue weighted by Gasteiger charge is -2.08. The molecule has 0 radical (unpaired) electrons.